The molecule has 0 atom stereocenters. The van der Waals surface area contributed by atoms with Crippen molar-refractivity contribution < 1.29 is 13.2 Å². The first-order chi connectivity index (χ1) is 9.08. The van der Waals surface area contributed by atoms with E-state index in [4.69, 9.17) is 0 Å². The second kappa shape index (κ2) is 6.21. The molecule has 0 unspecified atom stereocenters. The average molecular weight is 285 g/mol. The van der Waals surface area contributed by atoms with Gasteiger partial charge in [-0.1, -0.05) is 12.1 Å². The molecule has 2 aromatic rings. The van der Waals surface area contributed by atoms with E-state index in [9.17, 15) is 13.2 Å². The summed E-state index contributed by atoms with van der Waals surface area (Å²) in [5.74, 6) is -0.275. The first-order valence-electron chi connectivity index (χ1n) is 5.89. The Balaban J connectivity index is 2.14. The van der Waals surface area contributed by atoms with Crippen molar-refractivity contribution in [1.29, 1.82) is 0 Å². The van der Waals surface area contributed by atoms with E-state index in [0.717, 1.165) is 21.6 Å². The summed E-state index contributed by atoms with van der Waals surface area (Å²) in [7, 11) is 0. The van der Waals surface area contributed by atoms with Crippen molar-refractivity contribution in [2.75, 3.05) is 6.54 Å². The zero-order valence-electron chi connectivity index (χ0n) is 10.4. The van der Waals surface area contributed by atoms with Crippen molar-refractivity contribution >= 4 is 11.3 Å². The van der Waals surface area contributed by atoms with E-state index in [0.29, 0.717) is 6.54 Å². The third-order valence-electron chi connectivity index (χ3n) is 2.84. The molecular formula is C14H14F3NS. The lowest BCUT2D eigenvalue weighted by Gasteiger charge is -2.05. The van der Waals surface area contributed by atoms with Crippen LogP contribution in [0.3, 0.4) is 0 Å². The van der Waals surface area contributed by atoms with Crippen LogP contribution in [0.25, 0.3) is 10.4 Å². The number of thiophene rings is 1. The lowest BCUT2D eigenvalue weighted by atomic mass is 10.1. The van der Waals surface area contributed by atoms with Gasteiger partial charge < -0.3 is 5.32 Å². The Labute approximate surface area is 114 Å². The van der Waals surface area contributed by atoms with Crippen molar-refractivity contribution in [1.82, 2.24) is 5.32 Å². The molecule has 5 heteroatoms. The Hall–Kier alpha value is -1.33. The molecule has 0 aliphatic heterocycles. The first kappa shape index (κ1) is 14.1. The molecule has 1 heterocycles. The summed E-state index contributed by atoms with van der Waals surface area (Å²) in [4.78, 5) is 0.980. The summed E-state index contributed by atoms with van der Waals surface area (Å²) in [6.45, 7) is 2.02. The number of hydrogen-bond acceptors (Lipinski definition) is 2. The fourth-order valence-electron chi connectivity index (χ4n) is 1.86. The fraction of sp³-hybridized carbons (Fsp3) is 0.286. The summed E-state index contributed by atoms with van der Waals surface area (Å²) in [5.41, 5.74) is 2.81. The van der Waals surface area contributed by atoms with Gasteiger partial charge in [-0.05, 0) is 41.1 Å². The quantitative estimate of drug-likeness (QED) is 0.867. The lowest BCUT2D eigenvalue weighted by molar-refractivity contribution is 0.145. The number of benzene rings is 1. The van der Waals surface area contributed by atoms with E-state index in [-0.39, 0.29) is 12.4 Å². The summed E-state index contributed by atoms with van der Waals surface area (Å²) >= 11 is 1.50. The van der Waals surface area contributed by atoms with Gasteiger partial charge in [0.2, 0.25) is 0 Å². The van der Waals surface area contributed by atoms with Crippen molar-refractivity contribution in [3.05, 3.63) is 46.6 Å². The van der Waals surface area contributed by atoms with E-state index >= 15 is 0 Å². The van der Waals surface area contributed by atoms with E-state index in [2.05, 4.69) is 5.32 Å². The SMILES string of the molecule is Cc1c(CNCC(F)F)csc1-c1cccc(F)c1. The van der Waals surface area contributed by atoms with Crippen LogP contribution in [0, 0.1) is 12.7 Å². The van der Waals surface area contributed by atoms with Gasteiger partial charge in [0.05, 0.1) is 6.54 Å². The minimum absolute atomic E-state index is 0.275. The van der Waals surface area contributed by atoms with Gasteiger partial charge in [0.1, 0.15) is 5.82 Å². The van der Waals surface area contributed by atoms with Gasteiger partial charge >= 0.3 is 0 Å². The molecule has 0 aliphatic rings. The third-order valence-corrected chi connectivity index (χ3v) is 4.02. The smallest absolute Gasteiger partial charge is 0.250 e. The maximum absolute atomic E-state index is 13.2. The maximum atomic E-state index is 13.2. The number of rotatable bonds is 5. The zero-order valence-corrected chi connectivity index (χ0v) is 11.2. The topological polar surface area (TPSA) is 12.0 Å². The van der Waals surface area contributed by atoms with Crippen molar-refractivity contribution in [2.45, 2.75) is 19.9 Å². The summed E-state index contributed by atoms with van der Waals surface area (Å²) < 4.78 is 37.3. The van der Waals surface area contributed by atoms with Gasteiger partial charge in [0.15, 0.2) is 0 Å². The van der Waals surface area contributed by atoms with Crippen molar-refractivity contribution in [3.8, 4) is 10.4 Å². The predicted molar refractivity (Wildman–Crippen MR) is 72.2 cm³/mol. The van der Waals surface area contributed by atoms with E-state index in [1.807, 2.05) is 18.4 Å². The molecule has 1 nitrogen and oxygen atoms in total. The van der Waals surface area contributed by atoms with Gasteiger partial charge in [-0.25, -0.2) is 13.2 Å². The van der Waals surface area contributed by atoms with E-state index in [1.54, 1.807) is 6.07 Å². The van der Waals surface area contributed by atoms with Crippen LogP contribution < -0.4 is 5.32 Å². The molecule has 0 saturated heterocycles. The minimum atomic E-state index is -2.35. The van der Waals surface area contributed by atoms with Crippen LogP contribution in [-0.2, 0) is 6.54 Å². The number of hydrogen-bond donors (Lipinski definition) is 1. The zero-order chi connectivity index (χ0) is 13.8. The molecule has 0 saturated carbocycles. The lowest BCUT2D eigenvalue weighted by Crippen LogP contribution is -2.20. The van der Waals surface area contributed by atoms with Crippen LogP contribution in [0.2, 0.25) is 0 Å². The Morgan fingerprint density at radius 1 is 1.32 bits per heavy atom. The molecule has 102 valence electrons. The highest BCUT2D eigenvalue weighted by molar-refractivity contribution is 7.14. The second-order valence-corrected chi connectivity index (χ2v) is 5.13. The largest absolute Gasteiger partial charge is 0.307 e. The molecule has 1 aromatic heterocycles. The van der Waals surface area contributed by atoms with Crippen LogP contribution in [-0.4, -0.2) is 13.0 Å². The highest BCUT2D eigenvalue weighted by Crippen LogP contribution is 2.32. The summed E-state index contributed by atoms with van der Waals surface area (Å²) in [6.07, 6.45) is -2.35. The van der Waals surface area contributed by atoms with E-state index in [1.165, 1.54) is 23.5 Å². The second-order valence-electron chi connectivity index (χ2n) is 4.25. The van der Waals surface area contributed by atoms with Gasteiger partial charge in [-0.2, -0.15) is 0 Å². The molecule has 0 aliphatic carbocycles. The molecular weight excluding hydrogens is 271 g/mol. The predicted octanol–water partition coefficient (Wildman–Crippen LogP) is 4.22. The Bertz CT molecular complexity index is 551. The molecule has 0 bridgehead atoms. The fourth-order valence-corrected chi connectivity index (χ4v) is 2.95. The molecule has 0 spiro atoms. The Kier molecular flexibility index (Phi) is 4.61. The van der Waals surface area contributed by atoms with Crippen LogP contribution in [0.4, 0.5) is 13.2 Å². The third kappa shape index (κ3) is 3.58. The average Bonchev–Trinajstić information content (AvgIpc) is 2.71. The summed E-state index contributed by atoms with van der Waals surface area (Å²) in [6, 6.07) is 6.39. The summed E-state index contributed by atoms with van der Waals surface area (Å²) in [5, 5.41) is 4.63. The van der Waals surface area contributed by atoms with Crippen LogP contribution in [0.1, 0.15) is 11.1 Å². The number of alkyl halides is 2. The van der Waals surface area contributed by atoms with Gasteiger partial charge in [0, 0.05) is 11.4 Å². The molecule has 0 fully saturated rings. The molecule has 1 aromatic carbocycles. The number of nitrogens with one attached hydrogen (secondary N) is 1. The molecule has 2 rings (SSSR count). The Morgan fingerprint density at radius 3 is 2.79 bits per heavy atom. The maximum Gasteiger partial charge on any atom is 0.250 e. The molecule has 0 radical (unpaired) electrons. The number of halogens is 3. The normalized spacial score (nSPS) is 11.2. The molecule has 19 heavy (non-hydrogen) atoms. The van der Waals surface area contributed by atoms with Crippen molar-refractivity contribution in [2.24, 2.45) is 0 Å². The van der Waals surface area contributed by atoms with Crippen LogP contribution >= 0.6 is 11.3 Å². The van der Waals surface area contributed by atoms with E-state index < -0.39 is 6.43 Å². The van der Waals surface area contributed by atoms with Crippen molar-refractivity contribution in [3.63, 3.8) is 0 Å². The van der Waals surface area contributed by atoms with Gasteiger partial charge in [-0.15, -0.1) is 11.3 Å². The highest BCUT2D eigenvalue weighted by atomic mass is 32.1. The molecule has 0 amide bonds. The van der Waals surface area contributed by atoms with Gasteiger partial charge in [0.25, 0.3) is 6.43 Å². The van der Waals surface area contributed by atoms with Crippen LogP contribution in [0.5, 0.6) is 0 Å². The molecule has 1 N–H and O–H groups in total. The van der Waals surface area contributed by atoms with Gasteiger partial charge in [-0.3, -0.25) is 0 Å². The standard InChI is InChI=1S/C14H14F3NS/c1-9-11(6-18-7-13(16)17)8-19-14(9)10-3-2-4-12(15)5-10/h2-5,8,13,18H,6-7H2,1H3. The highest BCUT2D eigenvalue weighted by Gasteiger charge is 2.10. The minimum Gasteiger partial charge on any atom is -0.307 e. The monoisotopic (exact) mass is 285 g/mol. The Morgan fingerprint density at radius 2 is 2.11 bits per heavy atom. The first-order valence-corrected chi connectivity index (χ1v) is 6.77. The van der Waals surface area contributed by atoms with Crippen LogP contribution in [0.15, 0.2) is 29.6 Å².